The van der Waals surface area contributed by atoms with Gasteiger partial charge in [-0.2, -0.15) is 17.5 Å². The number of benzene rings is 2. The summed E-state index contributed by atoms with van der Waals surface area (Å²) in [5.74, 6) is -1.53. The van der Waals surface area contributed by atoms with Crippen LogP contribution in [0.3, 0.4) is 0 Å². The lowest BCUT2D eigenvalue weighted by atomic mass is 10.1. The standard InChI is InChI=1S/C21H19ClF4N2O3S/c22-15-5-6-18(23)19(11-15)32(30,31)28-9-7-27(8-10-28)20(29)17-12-16(17)13-1-3-14(4-2-13)21(24,25)26/h1-6,11,16-17H,7-10,12H2/t16-,17-/m0/s1. The summed E-state index contributed by atoms with van der Waals surface area (Å²) in [7, 11) is -4.09. The fourth-order valence-electron chi connectivity index (χ4n) is 3.95. The molecule has 2 aliphatic rings. The molecule has 0 unspecified atom stereocenters. The van der Waals surface area contributed by atoms with E-state index in [9.17, 15) is 30.8 Å². The van der Waals surface area contributed by atoms with Crippen molar-refractivity contribution in [1.82, 2.24) is 9.21 Å². The summed E-state index contributed by atoms with van der Waals surface area (Å²) in [5, 5.41) is 0.0989. The summed E-state index contributed by atoms with van der Waals surface area (Å²) in [4.78, 5) is 13.8. The van der Waals surface area contributed by atoms with E-state index < -0.39 is 32.5 Å². The van der Waals surface area contributed by atoms with Gasteiger partial charge in [0.2, 0.25) is 15.9 Å². The molecule has 0 aromatic heterocycles. The third-order valence-corrected chi connectivity index (χ3v) is 7.98. The number of rotatable bonds is 4. The lowest BCUT2D eigenvalue weighted by Gasteiger charge is -2.34. The van der Waals surface area contributed by atoms with Gasteiger partial charge in [-0.3, -0.25) is 4.79 Å². The molecular weight excluding hydrogens is 472 g/mol. The molecule has 1 aliphatic heterocycles. The molecule has 2 fully saturated rings. The Morgan fingerprint density at radius 1 is 1.00 bits per heavy atom. The first-order chi connectivity index (χ1) is 15.0. The molecule has 5 nitrogen and oxygen atoms in total. The largest absolute Gasteiger partial charge is 0.416 e. The third kappa shape index (κ3) is 4.49. The van der Waals surface area contributed by atoms with Crippen molar-refractivity contribution in [1.29, 1.82) is 0 Å². The van der Waals surface area contributed by atoms with Crippen molar-refractivity contribution in [3.8, 4) is 0 Å². The molecule has 2 atom stereocenters. The average molecular weight is 491 g/mol. The molecule has 1 amide bonds. The number of sulfonamides is 1. The number of amides is 1. The highest BCUT2D eigenvalue weighted by molar-refractivity contribution is 7.89. The SMILES string of the molecule is O=C([C@H]1C[C@H]1c1ccc(C(F)(F)F)cc1)N1CCN(S(=O)(=O)c2cc(Cl)ccc2F)CC1. The monoisotopic (exact) mass is 490 g/mol. The Morgan fingerprint density at radius 3 is 2.22 bits per heavy atom. The number of alkyl halides is 3. The molecule has 2 aromatic rings. The zero-order valence-corrected chi connectivity index (χ0v) is 18.2. The smallest absolute Gasteiger partial charge is 0.340 e. The minimum Gasteiger partial charge on any atom is -0.340 e. The van der Waals surface area contributed by atoms with Crippen LogP contribution in [0.2, 0.25) is 5.02 Å². The molecule has 32 heavy (non-hydrogen) atoms. The van der Waals surface area contributed by atoms with E-state index in [1.165, 1.54) is 18.2 Å². The van der Waals surface area contributed by atoms with E-state index in [2.05, 4.69) is 0 Å². The maximum atomic E-state index is 14.0. The van der Waals surface area contributed by atoms with Gasteiger partial charge in [0.05, 0.1) is 5.56 Å². The maximum Gasteiger partial charge on any atom is 0.416 e. The number of carbonyl (C=O) groups excluding carboxylic acids is 1. The molecular formula is C21H19ClF4N2O3S. The van der Waals surface area contributed by atoms with Crippen molar-refractivity contribution in [2.24, 2.45) is 5.92 Å². The van der Waals surface area contributed by atoms with Gasteiger partial charge in [-0.05, 0) is 48.2 Å². The van der Waals surface area contributed by atoms with Crippen LogP contribution in [0.1, 0.15) is 23.5 Å². The fourth-order valence-corrected chi connectivity index (χ4v) is 5.70. The average Bonchev–Trinajstić information content (AvgIpc) is 3.55. The van der Waals surface area contributed by atoms with E-state index in [-0.39, 0.29) is 48.9 Å². The highest BCUT2D eigenvalue weighted by atomic mass is 35.5. The van der Waals surface area contributed by atoms with E-state index >= 15 is 0 Å². The second kappa shape index (κ2) is 8.31. The molecule has 2 aromatic carbocycles. The Morgan fingerprint density at radius 2 is 1.62 bits per heavy atom. The van der Waals surface area contributed by atoms with Crippen LogP contribution in [0, 0.1) is 11.7 Å². The van der Waals surface area contributed by atoms with Gasteiger partial charge in [-0.1, -0.05) is 23.7 Å². The van der Waals surface area contributed by atoms with Crippen molar-refractivity contribution in [2.75, 3.05) is 26.2 Å². The number of halogens is 5. The van der Waals surface area contributed by atoms with Crippen LogP contribution in [-0.4, -0.2) is 49.7 Å². The van der Waals surface area contributed by atoms with Crippen molar-refractivity contribution >= 4 is 27.5 Å². The molecule has 1 heterocycles. The molecule has 11 heteroatoms. The van der Waals surface area contributed by atoms with Gasteiger partial charge in [0.25, 0.3) is 0 Å². The maximum absolute atomic E-state index is 14.0. The lowest BCUT2D eigenvalue weighted by Crippen LogP contribution is -2.51. The Labute approximate surface area is 187 Å². The molecule has 1 saturated heterocycles. The predicted molar refractivity (Wildman–Crippen MR) is 109 cm³/mol. The summed E-state index contributed by atoms with van der Waals surface area (Å²) >= 11 is 5.81. The topological polar surface area (TPSA) is 57.7 Å². The van der Waals surface area contributed by atoms with E-state index in [1.807, 2.05) is 0 Å². The van der Waals surface area contributed by atoms with Crippen molar-refractivity contribution in [2.45, 2.75) is 23.4 Å². The molecule has 0 bridgehead atoms. The first-order valence-electron chi connectivity index (χ1n) is 9.89. The van der Waals surface area contributed by atoms with E-state index in [4.69, 9.17) is 11.6 Å². The highest BCUT2D eigenvalue weighted by Crippen LogP contribution is 2.49. The number of piperazine rings is 1. The second-order valence-electron chi connectivity index (χ2n) is 7.87. The number of hydrogen-bond donors (Lipinski definition) is 0. The normalized spacial score (nSPS) is 22.1. The quantitative estimate of drug-likeness (QED) is 0.605. The molecule has 0 N–H and O–H groups in total. The van der Waals surface area contributed by atoms with Gasteiger partial charge in [-0.15, -0.1) is 0 Å². The molecule has 1 aliphatic carbocycles. The zero-order valence-electron chi connectivity index (χ0n) is 16.6. The summed E-state index contributed by atoms with van der Waals surface area (Å²) in [6.45, 7) is 0.322. The van der Waals surface area contributed by atoms with Crippen molar-refractivity contribution in [3.05, 3.63) is 64.4 Å². The minimum absolute atomic E-state index is 0.0116. The lowest BCUT2D eigenvalue weighted by molar-refractivity contribution is -0.137. The van der Waals surface area contributed by atoms with Crippen molar-refractivity contribution in [3.63, 3.8) is 0 Å². The Balaban J connectivity index is 1.37. The molecule has 0 radical (unpaired) electrons. The number of carbonyl (C=O) groups is 1. The van der Waals surface area contributed by atoms with Crippen molar-refractivity contribution < 1.29 is 30.8 Å². The van der Waals surface area contributed by atoms with Gasteiger partial charge in [0.15, 0.2) is 0 Å². The predicted octanol–water partition coefficient (Wildman–Crippen LogP) is 4.13. The van der Waals surface area contributed by atoms with Gasteiger partial charge < -0.3 is 4.90 Å². The first-order valence-corrected chi connectivity index (χ1v) is 11.7. The van der Waals surface area contributed by atoms with Gasteiger partial charge in [0, 0.05) is 37.1 Å². The third-order valence-electron chi connectivity index (χ3n) is 5.84. The van der Waals surface area contributed by atoms with Gasteiger partial charge >= 0.3 is 6.18 Å². The highest BCUT2D eigenvalue weighted by Gasteiger charge is 2.46. The van der Waals surface area contributed by atoms with Gasteiger partial charge in [-0.25, -0.2) is 12.8 Å². The molecule has 4 rings (SSSR count). The van der Waals surface area contributed by atoms with Crippen LogP contribution in [0.25, 0.3) is 0 Å². The molecule has 172 valence electrons. The van der Waals surface area contributed by atoms with Crippen LogP contribution < -0.4 is 0 Å². The number of hydrogen-bond acceptors (Lipinski definition) is 3. The summed E-state index contributed by atoms with van der Waals surface area (Å²) in [5.41, 5.74) is -0.0627. The van der Waals surface area contributed by atoms with E-state index in [0.717, 1.165) is 28.6 Å². The Bertz CT molecular complexity index is 1130. The Hall–Kier alpha value is -2.17. The van der Waals surface area contributed by atoms with Crippen LogP contribution in [0.4, 0.5) is 17.6 Å². The first kappa shape index (κ1) is 23.0. The zero-order chi connectivity index (χ0) is 23.3. The summed E-state index contributed by atoms with van der Waals surface area (Å²) in [6, 6.07) is 8.11. The van der Waals surface area contributed by atoms with E-state index in [0.29, 0.717) is 12.0 Å². The van der Waals surface area contributed by atoms with Crippen LogP contribution in [-0.2, 0) is 21.0 Å². The minimum atomic E-state index is -4.41. The van der Waals surface area contributed by atoms with Gasteiger partial charge in [0.1, 0.15) is 10.7 Å². The van der Waals surface area contributed by atoms with E-state index in [1.54, 1.807) is 4.90 Å². The Kier molecular flexibility index (Phi) is 5.98. The fraction of sp³-hybridized carbons (Fsp3) is 0.381. The van der Waals surface area contributed by atoms with Crippen LogP contribution in [0.15, 0.2) is 47.4 Å². The summed E-state index contributed by atoms with van der Waals surface area (Å²) in [6.07, 6.45) is -3.87. The second-order valence-corrected chi connectivity index (χ2v) is 10.2. The molecule has 0 spiro atoms. The molecule has 1 saturated carbocycles. The van der Waals surface area contributed by atoms with Crippen LogP contribution >= 0.6 is 11.6 Å². The summed E-state index contributed by atoms with van der Waals surface area (Å²) < 4.78 is 78.8. The van der Waals surface area contributed by atoms with Crippen LogP contribution in [0.5, 0.6) is 0 Å². The number of nitrogens with zero attached hydrogens (tertiary/aromatic N) is 2.